The number of rotatable bonds is 5. The summed E-state index contributed by atoms with van der Waals surface area (Å²) in [5.74, 6) is 0. The van der Waals surface area contributed by atoms with E-state index >= 15 is 0 Å². The van der Waals surface area contributed by atoms with Crippen molar-refractivity contribution < 1.29 is 0 Å². The molecule has 0 atom stereocenters. The maximum atomic E-state index is 4.48. The summed E-state index contributed by atoms with van der Waals surface area (Å²) in [6.45, 7) is 4.02. The Hall–Kier alpha value is -1.72. The molecule has 19 heavy (non-hydrogen) atoms. The van der Waals surface area contributed by atoms with Crippen LogP contribution >= 0.6 is 11.3 Å². The van der Waals surface area contributed by atoms with Gasteiger partial charge in [0.2, 0.25) is 0 Å². The Morgan fingerprint density at radius 1 is 1.37 bits per heavy atom. The van der Waals surface area contributed by atoms with Gasteiger partial charge in [0.15, 0.2) is 0 Å². The van der Waals surface area contributed by atoms with Gasteiger partial charge in [0.05, 0.1) is 22.1 Å². The molecule has 3 aromatic heterocycles. The van der Waals surface area contributed by atoms with Crippen LogP contribution < -0.4 is 5.32 Å². The van der Waals surface area contributed by atoms with Crippen LogP contribution in [0.1, 0.15) is 18.9 Å². The SMILES string of the molecule is CCCNCc1cn[nH]c1-c1cnc2ccsc2c1. The van der Waals surface area contributed by atoms with Gasteiger partial charge in [-0.2, -0.15) is 5.10 Å². The molecule has 4 nitrogen and oxygen atoms in total. The average molecular weight is 272 g/mol. The first-order valence-electron chi connectivity index (χ1n) is 6.45. The molecule has 0 saturated heterocycles. The molecule has 0 aliphatic carbocycles. The molecule has 0 aliphatic heterocycles. The van der Waals surface area contributed by atoms with Crippen LogP contribution in [0.4, 0.5) is 0 Å². The molecule has 3 heterocycles. The lowest BCUT2D eigenvalue weighted by atomic mass is 10.1. The number of thiophene rings is 1. The van der Waals surface area contributed by atoms with Crippen LogP contribution in [-0.4, -0.2) is 21.7 Å². The van der Waals surface area contributed by atoms with Crippen molar-refractivity contribution >= 4 is 21.6 Å². The summed E-state index contributed by atoms with van der Waals surface area (Å²) in [6, 6.07) is 4.21. The molecule has 3 aromatic rings. The van der Waals surface area contributed by atoms with E-state index in [-0.39, 0.29) is 0 Å². The highest BCUT2D eigenvalue weighted by Gasteiger charge is 2.09. The third-order valence-electron chi connectivity index (χ3n) is 3.05. The Balaban J connectivity index is 1.90. The zero-order valence-electron chi connectivity index (χ0n) is 10.8. The highest BCUT2D eigenvalue weighted by molar-refractivity contribution is 7.17. The highest BCUT2D eigenvalue weighted by atomic mass is 32.1. The fourth-order valence-corrected chi connectivity index (χ4v) is 2.86. The summed E-state index contributed by atoms with van der Waals surface area (Å²) in [7, 11) is 0. The van der Waals surface area contributed by atoms with E-state index in [0.717, 1.165) is 36.3 Å². The molecular formula is C14H16N4S. The zero-order valence-corrected chi connectivity index (χ0v) is 11.6. The summed E-state index contributed by atoms with van der Waals surface area (Å²) < 4.78 is 1.21. The first-order chi connectivity index (χ1) is 9.38. The van der Waals surface area contributed by atoms with Gasteiger partial charge in [-0.1, -0.05) is 6.92 Å². The molecule has 0 spiro atoms. The van der Waals surface area contributed by atoms with Crippen molar-refractivity contribution in [2.75, 3.05) is 6.54 Å². The van der Waals surface area contributed by atoms with Gasteiger partial charge in [0, 0.05) is 23.9 Å². The van der Waals surface area contributed by atoms with E-state index in [1.807, 2.05) is 18.5 Å². The van der Waals surface area contributed by atoms with E-state index in [0.29, 0.717) is 0 Å². The molecule has 0 radical (unpaired) electrons. The molecule has 2 N–H and O–H groups in total. The van der Waals surface area contributed by atoms with Crippen LogP contribution in [0.15, 0.2) is 29.9 Å². The molecule has 0 fully saturated rings. The van der Waals surface area contributed by atoms with Crippen LogP contribution in [0, 0.1) is 0 Å². The number of pyridine rings is 1. The molecule has 5 heteroatoms. The van der Waals surface area contributed by atoms with Crippen molar-refractivity contribution in [3.63, 3.8) is 0 Å². The van der Waals surface area contributed by atoms with E-state index in [1.54, 1.807) is 11.3 Å². The molecule has 98 valence electrons. The van der Waals surface area contributed by atoms with Gasteiger partial charge in [0.25, 0.3) is 0 Å². The maximum Gasteiger partial charge on any atom is 0.0810 e. The summed E-state index contributed by atoms with van der Waals surface area (Å²) >= 11 is 1.71. The summed E-state index contributed by atoms with van der Waals surface area (Å²) in [5, 5.41) is 12.7. The minimum Gasteiger partial charge on any atom is -0.313 e. The Bertz CT molecular complexity index is 671. The number of nitrogens with zero attached hydrogens (tertiary/aromatic N) is 2. The second-order valence-corrected chi connectivity index (χ2v) is 5.42. The molecule has 0 bridgehead atoms. The lowest BCUT2D eigenvalue weighted by Gasteiger charge is -2.04. The Morgan fingerprint density at radius 3 is 3.21 bits per heavy atom. The highest BCUT2D eigenvalue weighted by Crippen LogP contribution is 2.26. The smallest absolute Gasteiger partial charge is 0.0810 e. The lowest BCUT2D eigenvalue weighted by Crippen LogP contribution is -2.13. The minimum atomic E-state index is 0.835. The second kappa shape index (κ2) is 5.50. The predicted molar refractivity (Wildman–Crippen MR) is 79.2 cm³/mol. The van der Waals surface area contributed by atoms with E-state index < -0.39 is 0 Å². The third kappa shape index (κ3) is 2.52. The van der Waals surface area contributed by atoms with Gasteiger partial charge in [-0.15, -0.1) is 11.3 Å². The third-order valence-corrected chi connectivity index (χ3v) is 3.90. The van der Waals surface area contributed by atoms with Crippen LogP contribution in [0.5, 0.6) is 0 Å². The first kappa shape index (κ1) is 12.3. The van der Waals surface area contributed by atoms with Crippen LogP contribution in [0.25, 0.3) is 21.5 Å². The van der Waals surface area contributed by atoms with Crippen molar-refractivity contribution in [2.45, 2.75) is 19.9 Å². The first-order valence-corrected chi connectivity index (χ1v) is 7.33. The Labute approximate surface area is 115 Å². The maximum absolute atomic E-state index is 4.48. The van der Waals surface area contributed by atoms with Gasteiger partial charge in [-0.25, -0.2) is 0 Å². The summed E-state index contributed by atoms with van der Waals surface area (Å²) in [4.78, 5) is 4.48. The topological polar surface area (TPSA) is 53.6 Å². The van der Waals surface area contributed by atoms with Crippen molar-refractivity contribution in [2.24, 2.45) is 0 Å². The van der Waals surface area contributed by atoms with E-state index in [2.05, 4.69) is 38.9 Å². The molecular weight excluding hydrogens is 256 g/mol. The zero-order chi connectivity index (χ0) is 13.1. The normalized spacial score (nSPS) is 11.2. The molecule has 0 saturated carbocycles. The van der Waals surface area contributed by atoms with Gasteiger partial charge >= 0.3 is 0 Å². The van der Waals surface area contributed by atoms with Crippen molar-refractivity contribution in [1.82, 2.24) is 20.5 Å². The monoisotopic (exact) mass is 272 g/mol. The van der Waals surface area contributed by atoms with Gasteiger partial charge in [-0.05, 0) is 30.5 Å². The Morgan fingerprint density at radius 2 is 2.32 bits per heavy atom. The van der Waals surface area contributed by atoms with Crippen LogP contribution in [0.2, 0.25) is 0 Å². The number of hydrogen-bond donors (Lipinski definition) is 2. The van der Waals surface area contributed by atoms with Crippen LogP contribution in [-0.2, 0) is 6.54 Å². The van der Waals surface area contributed by atoms with Gasteiger partial charge < -0.3 is 5.32 Å². The number of fused-ring (bicyclic) bond motifs is 1. The number of H-pyrrole nitrogens is 1. The van der Waals surface area contributed by atoms with Crippen molar-refractivity contribution in [3.05, 3.63) is 35.5 Å². The molecule has 0 unspecified atom stereocenters. The number of hydrogen-bond acceptors (Lipinski definition) is 4. The number of aromatic amines is 1. The van der Waals surface area contributed by atoms with Crippen molar-refractivity contribution in [3.8, 4) is 11.3 Å². The summed E-state index contributed by atoms with van der Waals surface area (Å²) in [6.07, 6.45) is 4.93. The van der Waals surface area contributed by atoms with E-state index in [9.17, 15) is 0 Å². The molecule has 0 aliphatic rings. The van der Waals surface area contributed by atoms with E-state index in [4.69, 9.17) is 0 Å². The Kier molecular flexibility index (Phi) is 3.57. The minimum absolute atomic E-state index is 0.835. The molecule has 3 rings (SSSR count). The van der Waals surface area contributed by atoms with Crippen LogP contribution in [0.3, 0.4) is 0 Å². The number of aromatic nitrogens is 3. The van der Waals surface area contributed by atoms with E-state index in [1.165, 1.54) is 10.3 Å². The molecule has 0 amide bonds. The van der Waals surface area contributed by atoms with Gasteiger partial charge in [-0.3, -0.25) is 10.1 Å². The predicted octanol–water partition coefficient (Wildman–Crippen LogP) is 3.19. The largest absolute Gasteiger partial charge is 0.313 e. The fraction of sp³-hybridized carbons (Fsp3) is 0.286. The number of nitrogens with one attached hydrogen (secondary N) is 2. The average Bonchev–Trinajstić information content (AvgIpc) is 3.06. The fourth-order valence-electron chi connectivity index (χ4n) is 2.08. The summed E-state index contributed by atoms with van der Waals surface area (Å²) in [5.41, 5.74) is 4.40. The van der Waals surface area contributed by atoms with Crippen molar-refractivity contribution in [1.29, 1.82) is 0 Å². The molecule has 0 aromatic carbocycles. The van der Waals surface area contributed by atoms with Gasteiger partial charge in [0.1, 0.15) is 0 Å². The standard InChI is InChI=1S/C14H16N4S/c1-2-4-15-7-11-9-17-18-14(11)10-6-13-12(16-8-10)3-5-19-13/h3,5-6,8-9,15H,2,4,7H2,1H3,(H,17,18). The lowest BCUT2D eigenvalue weighted by molar-refractivity contribution is 0.676. The second-order valence-electron chi connectivity index (χ2n) is 4.47. The quantitative estimate of drug-likeness (QED) is 0.701.